The lowest BCUT2D eigenvalue weighted by atomic mass is 9.76. The van der Waals surface area contributed by atoms with Gasteiger partial charge in [-0.3, -0.25) is 0 Å². The standard InChI is InChI=1S/C47H48OP2/c1-29-17-30(2)22-37(21-29)49(38-23-31(3)18-32(4)24-38)43-15-11-13-41-45(43)48-46-42(47(41,9)10)14-12-16-44(46)50(39-25-33(5)19-34(6)26-39)40-27-35(7)20-36(8)28-40/h11-28H,1-10H3. The van der Waals surface area contributed by atoms with E-state index in [0.717, 1.165) is 11.5 Å². The van der Waals surface area contributed by atoms with Crippen molar-refractivity contribution < 1.29 is 4.74 Å². The summed E-state index contributed by atoms with van der Waals surface area (Å²) < 4.78 is 7.50. The van der Waals surface area contributed by atoms with Crippen molar-refractivity contribution in [2.75, 3.05) is 0 Å². The largest absolute Gasteiger partial charge is 0.455 e. The number of hydrogen-bond donors (Lipinski definition) is 0. The molecule has 6 aromatic carbocycles. The summed E-state index contributed by atoms with van der Waals surface area (Å²) in [6, 6.07) is 42.0. The molecule has 0 amide bonds. The third-order valence-electron chi connectivity index (χ3n) is 9.88. The van der Waals surface area contributed by atoms with Gasteiger partial charge < -0.3 is 4.74 Å². The number of aryl methyl sites for hydroxylation is 8. The molecule has 0 spiro atoms. The highest BCUT2D eigenvalue weighted by atomic mass is 31.1. The molecular weight excluding hydrogens is 642 g/mol. The smallest absolute Gasteiger partial charge is 0.139 e. The molecule has 0 saturated heterocycles. The zero-order chi connectivity index (χ0) is 35.5. The molecule has 0 radical (unpaired) electrons. The van der Waals surface area contributed by atoms with E-state index in [0.29, 0.717) is 0 Å². The highest BCUT2D eigenvalue weighted by molar-refractivity contribution is 7.80. The molecule has 0 saturated carbocycles. The molecule has 252 valence electrons. The zero-order valence-corrected chi connectivity index (χ0v) is 33.0. The number of rotatable bonds is 6. The van der Waals surface area contributed by atoms with Crippen molar-refractivity contribution in [3.05, 3.63) is 165 Å². The summed E-state index contributed by atoms with van der Waals surface area (Å²) in [4.78, 5) is 0. The van der Waals surface area contributed by atoms with E-state index in [4.69, 9.17) is 4.74 Å². The van der Waals surface area contributed by atoms with Gasteiger partial charge in [0.05, 0.1) is 0 Å². The Labute approximate surface area is 302 Å². The molecule has 6 aromatic rings. The normalized spacial score (nSPS) is 13.3. The van der Waals surface area contributed by atoms with Gasteiger partial charge in [-0.2, -0.15) is 0 Å². The molecule has 1 aliphatic heterocycles. The minimum atomic E-state index is -0.906. The van der Waals surface area contributed by atoms with Crippen LogP contribution in [0.3, 0.4) is 0 Å². The molecule has 1 aliphatic rings. The van der Waals surface area contributed by atoms with Crippen molar-refractivity contribution in [2.24, 2.45) is 0 Å². The molecule has 0 aromatic heterocycles. The zero-order valence-electron chi connectivity index (χ0n) is 31.2. The van der Waals surface area contributed by atoms with E-state index < -0.39 is 15.8 Å². The number of fused-ring (bicyclic) bond motifs is 2. The van der Waals surface area contributed by atoms with E-state index >= 15 is 0 Å². The fraction of sp³-hybridized carbons (Fsp3) is 0.234. The van der Waals surface area contributed by atoms with Crippen molar-refractivity contribution in [3.63, 3.8) is 0 Å². The molecule has 0 N–H and O–H groups in total. The molecule has 1 nitrogen and oxygen atoms in total. The maximum absolute atomic E-state index is 7.50. The molecule has 7 rings (SSSR count). The van der Waals surface area contributed by atoms with Crippen LogP contribution in [0.4, 0.5) is 0 Å². The summed E-state index contributed by atoms with van der Waals surface area (Å²) in [7, 11) is -1.81. The predicted octanol–water partition coefficient (Wildman–Crippen LogP) is 10.1. The molecular formula is C47H48OP2. The van der Waals surface area contributed by atoms with Crippen LogP contribution < -0.4 is 36.6 Å². The van der Waals surface area contributed by atoms with Crippen LogP contribution in [-0.2, 0) is 5.41 Å². The third-order valence-corrected chi connectivity index (χ3v) is 14.6. The van der Waals surface area contributed by atoms with E-state index in [9.17, 15) is 0 Å². The summed E-state index contributed by atoms with van der Waals surface area (Å²) in [5, 5.41) is 8.02. The maximum Gasteiger partial charge on any atom is 0.139 e. The summed E-state index contributed by atoms with van der Waals surface area (Å²) in [5.74, 6) is 2.05. The van der Waals surface area contributed by atoms with E-state index in [1.165, 1.54) is 87.5 Å². The average Bonchev–Trinajstić information content (AvgIpc) is 3.00. The predicted molar refractivity (Wildman–Crippen MR) is 220 cm³/mol. The highest BCUT2D eigenvalue weighted by Crippen LogP contribution is 2.52. The molecule has 0 unspecified atom stereocenters. The Kier molecular flexibility index (Phi) is 9.14. The molecule has 3 heteroatoms. The lowest BCUT2D eigenvalue weighted by molar-refractivity contribution is 0.425. The van der Waals surface area contributed by atoms with E-state index in [1.54, 1.807) is 0 Å². The monoisotopic (exact) mass is 690 g/mol. The average molecular weight is 691 g/mol. The Morgan fingerprint density at radius 2 is 0.640 bits per heavy atom. The topological polar surface area (TPSA) is 9.23 Å². The van der Waals surface area contributed by atoms with Gasteiger partial charge in [0.25, 0.3) is 0 Å². The van der Waals surface area contributed by atoms with Crippen LogP contribution in [0.15, 0.2) is 109 Å². The lowest BCUT2D eigenvalue weighted by Crippen LogP contribution is -2.33. The first-order valence-corrected chi connectivity index (χ1v) is 20.3. The van der Waals surface area contributed by atoms with Crippen molar-refractivity contribution in [3.8, 4) is 11.5 Å². The quantitative estimate of drug-likeness (QED) is 0.158. The fourth-order valence-corrected chi connectivity index (χ4v) is 13.6. The van der Waals surface area contributed by atoms with E-state index in [-0.39, 0.29) is 5.41 Å². The summed E-state index contributed by atoms with van der Waals surface area (Å²) in [6.07, 6.45) is 0. The highest BCUT2D eigenvalue weighted by Gasteiger charge is 2.39. The minimum Gasteiger partial charge on any atom is -0.455 e. The first kappa shape index (κ1) is 34.4. The lowest BCUT2D eigenvalue weighted by Gasteiger charge is -2.38. The van der Waals surface area contributed by atoms with Crippen molar-refractivity contribution in [2.45, 2.75) is 74.7 Å². The van der Waals surface area contributed by atoms with Crippen LogP contribution in [0.5, 0.6) is 11.5 Å². The van der Waals surface area contributed by atoms with Gasteiger partial charge in [0.1, 0.15) is 11.5 Å². The van der Waals surface area contributed by atoms with Gasteiger partial charge >= 0.3 is 0 Å². The summed E-state index contributed by atoms with van der Waals surface area (Å²) in [6.45, 7) is 22.5. The van der Waals surface area contributed by atoms with E-state index in [2.05, 4.69) is 178 Å². The van der Waals surface area contributed by atoms with Crippen LogP contribution in [-0.4, -0.2) is 0 Å². The number of ether oxygens (including phenoxy) is 1. The Bertz CT molecular complexity index is 1930. The summed E-state index contributed by atoms with van der Waals surface area (Å²) >= 11 is 0. The van der Waals surface area contributed by atoms with Gasteiger partial charge in [0.2, 0.25) is 0 Å². The third kappa shape index (κ3) is 6.48. The summed E-state index contributed by atoms with van der Waals surface area (Å²) in [5.41, 5.74) is 12.6. The Morgan fingerprint density at radius 3 is 0.900 bits per heavy atom. The number of benzene rings is 6. The SMILES string of the molecule is Cc1cc(C)cc(P(c2cc(C)cc(C)c2)c2cccc3c2Oc2c(P(c4cc(C)cc(C)c4)c4cc(C)cc(C)c4)cccc2C3(C)C)c1. The first-order valence-electron chi connectivity index (χ1n) is 17.7. The second kappa shape index (κ2) is 13.3. The van der Waals surface area contributed by atoms with Crippen LogP contribution in [0.2, 0.25) is 0 Å². The number of hydrogen-bond acceptors (Lipinski definition) is 1. The first-order chi connectivity index (χ1) is 23.8. The Morgan fingerprint density at radius 1 is 0.380 bits per heavy atom. The van der Waals surface area contributed by atoms with Crippen molar-refractivity contribution in [1.29, 1.82) is 0 Å². The van der Waals surface area contributed by atoms with Crippen LogP contribution in [0.1, 0.15) is 69.5 Å². The van der Waals surface area contributed by atoms with Gasteiger partial charge in [-0.25, -0.2) is 0 Å². The van der Waals surface area contributed by atoms with Crippen molar-refractivity contribution in [1.82, 2.24) is 0 Å². The second-order valence-electron chi connectivity index (χ2n) is 15.1. The molecule has 50 heavy (non-hydrogen) atoms. The van der Waals surface area contributed by atoms with Gasteiger partial charge in [-0.15, -0.1) is 0 Å². The Hall–Kier alpha value is -4.02. The second-order valence-corrected chi connectivity index (χ2v) is 19.5. The molecule has 0 atom stereocenters. The van der Waals surface area contributed by atoms with Gasteiger partial charge in [0, 0.05) is 27.2 Å². The Balaban J connectivity index is 1.49. The van der Waals surface area contributed by atoms with Gasteiger partial charge in [-0.1, -0.05) is 168 Å². The molecule has 0 bridgehead atoms. The van der Waals surface area contributed by atoms with Gasteiger partial charge in [0.15, 0.2) is 0 Å². The molecule has 0 fully saturated rings. The van der Waals surface area contributed by atoms with E-state index in [1.807, 2.05) is 0 Å². The molecule has 0 aliphatic carbocycles. The van der Waals surface area contributed by atoms with Crippen LogP contribution in [0, 0.1) is 55.4 Å². The fourth-order valence-electron chi connectivity index (χ4n) is 8.02. The van der Waals surface area contributed by atoms with Gasteiger partial charge in [-0.05, 0) is 92.5 Å². The maximum atomic E-state index is 7.50. The van der Waals surface area contributed by atoms with Crippen molar-refractivity contribution >= 4 is 47.7 Å². The molecule has 1 heterocycles. The number of para-hydroxylation sites is 2. The minimum absolute atomic E-state index is 0.257. The van der Waals surface area contributed by atoms with Crippen LogP contribution in [0.25, 0.3) is 0 Å². The van der Waals surface area contributed by atoms with Crippen LogP contribution >= 0.6 is 15.8 Å².